The molecule has 9 heteroatoms. The van der Waals surface area contributed by atoms with Crippen LogP contribution in [0.4, 0.5) is 11.4 Å². The van der Waals surface area contributed by atoms with Gasteiger partial charge in [0.05, 0.1) is 0 Å². The molecule has 0 saturated heterocycles. The Morgan fingerprint density at radius 2 is 1.93 bits per heavy atom. The normalized spacial score (nSPS) is 12.7. The minimum atomic E-state index is -0.0971. The van der Waals surface area contributed by atoms with Crippen LogP contribution in [0.3, 0.4) is 0 Å². The molecule has 4 rings (SSSR count). The second-order valence-corrected chi connectivity index (χ2v) is 7.71. The molecule has 0 unspecified atom stereocenters. The van der Waals surface area contributed by atoms with Crippen molar-refractivity contribution in [2.45, 2.75) is 18.0 Å². The van der Waals surface area contributed by atoms with Crippen molar-refractivity contribution in [1.29, 1.82) is 0 Å². The number of nitrogens with zero attached hydrogens (tertiary/aromatic N) is 5. The molecule has 0 radical (unpaired) electrons. The number of aromatic nitrogens is 4. The second-order valence-electron chi connectivity index (χ2n) is 6.64. The fraction of sp³-hybridized carbons (Fsp3) is 0.250. The molecule has 1 aliphatic heterocycles. The van der Waals surface area contributed by atoms with Gasteiger partial charge in [-0.3, -0.25) is 9.59 Å². The number of anilines is 2. The molecule has 29 heavy (non-hydrogen) atoms. The van der Waals surface area contributed by atoms with Crippen molar-refractivity contribution in [3.63, 3.8) is 0 Å². The first-order valence-corrected chi connectivity index (χ1v) is 10.3. The summed E-state index contributed by atoms with van der Waals surface area (Å²) in [6, 6.07) is 15.0. The van der Waals surface area contributed by atoms with Crippen molar-refractivity contribution >= 4 is 35.0 Å². The predicted octanol–water partition coefficient (Wildman–Crippen LogP) is 2.53. The quantitative estimate of drug-likeness (QED) is 0.630. The molecule has 148 valence electrons. The largest absolute Gasteiger partial charge is 0.326 e. The molecule has 3 aromatic rings. The summed E-state index contributed by atoms with van der Waals surface area (Å²) in [4.78, 5) is 26.8. The minimum Gasteiger partial charge on any atom is -0.326 e. The number of hydrogen-bond acceptors (Lipinski definition) is 6. The third kappa shape index (κ3) is 4.29. The van der Waals surface area contributed by atoms with Gasteiger partial charge < -0.3 is 10.2 Å². The van der Waals surface area contributed by atoms with Crippen LogP contribution in [0.1, 0.15) is 22.3 Å². The summed E-state index contributed by atoms with van der Waals surface area (Å²) in [6.45, 7) is 0.690. The maximum atomic E-state index is 12.8. The van der Waals surface area contributed by atoms with Gasteiger partial charge in [-0.05, 0) is 52.7 Å². The Balaban J connectivity index is 1.31. The van der Waals surface area contributed by atoms with E-state index in [9.17, 15) is 9.59 Å². The lowest BCUT2D eigenvalue weighted by atomic mass is 10.1. The van der Waals surface area contributed by atoms with E-state index in [1.54, 1.807) is 36.0 Å². The summed E-state index contributed by atoms with van der Waals surface area (Å²) in [5.74, 6) is 0.451. The Labute approximate surface area is 172 Å². The highest BCUT2D eigenvalue weighted by atomic mass is 32.2. The second kappa shape index (κ2) is 8.44. The lowest BCUT2D eigenvalue weighted by molar-refractivity contribution is -0.115. The predicted molar refractivity (Wildman–Crippen MR) is 111 cm³/mol. The average molecular weight is 408 g/mol. The van der Waals surface area contributed by atoms with E-state index in [1.165, 1.54) is 17.3 Å². The highest BCUT2D eigenvalue weighted by Crippen LogP contribution is 2.29. The van der Waals surface area contributed by atoms with Crippen LogP contribution in [0.2, 0.25) is 0 Å². The van der Waals surface area contributed by atoms with Crippen molar-refractivity contribution in [2.24, 2.45) is 7.05 Å². The number of nitrogens with one attached hydrogen (secondary N) is 1. The zero-order valence-corrected chi connectivity index (χ0v) is 16.7. The monoisotopic (exact) mass is 408 g/mol. The summed E-state index contributed by atoms with van der Waals surface area (Å²) in [5.41, 5.74) is 3.44. The molecular formula is C20H20N6O2S. The lowest BCUT2D eigenvalue weighted by Crippen LogP contribution is -2.28. The number of tetrazole rings is 1. The van der Waals surface area contributed by atoms with Crippen LogP contribution >= 0.6 is 11.8 Å². The molecule has 0 spiro atoms. The maximum absolute atomic E-state index is 12.8. The topological polar surface area (TPSA) is 93.0 Å². The molecule has 0 aliphatic carbocycles. The van der Waals surface area contributed by atoms with E-state index in [1.807, 2.05) is 23.1 Å². The summed E-state index contributed by atoms with van der Waals surface area (Å²) in [7, 11) is 1.76. The molecule has 2 heterocycles. The third-order valence-corrected chi connectivity index (χ3v) is 5.70. The number of aryl methyl sites for hydroxylation is 1. The van der Waals surface area contributed by atoms with Crippen LogP contribution < -0.4 is 10.2 Å². The fourth-order valence-electron chi connectivity index (χ4n) is 3.20. The Kier molecular flexibility index (Phi) is 5.57. The molecule has 2 amide bonds. The first-order valence-electron chi connectivity index (χ1n) is 9.26. The smallest absolute Gasteiger partial charge is 0.258 e. The van der Waals surface area contributed by atoms with Crippen LogP contribution in [-0.2, 0) is 18.3 Å². The van der Waals surface area contributed by atoms with Crippen molar-refractivity contribution in [3.8, 4) is 0 Å². The van der Waals surface area contributed by atoms with Crippen LogP contribution in [-0.4, -0.2) is 44.3 Å². The van der Waals surface area contributed by atoms with Gasteiger partial charge in [0.25, 0.3) is 5.91 Å². The Morgan fingerprint density at radius 3 is 2.69 bits per heavy atom. The maximum Gasteiger partial charge on any atom is 0.258 e. The van der Waals surface area contributed by atoms with E-state index >= 15 is 0 Å². The summed E-state index contributed by atoms with van der Waals surface area (Å²) in [6.07, 6.45) is 1.21. The Bertz CT molecular complexity index is 1030. The Hall–Kier alpha value is -3.20. The van der Waals surface area contributed by atoms with Crippen LogP contribution in [0.5, 0.6) is 0 Å². The van der Waals surface area contributed by atoms with Gasteiger partial charge in [0.15, 0.2) is 0 Å². The van der Waals surface area contributed by atoms with E-state index in [2.05, 4.69) is 26.9 Å². The molecule has 0 atom stereocenters. The number of hydrogen-bond donors (Lipinski definition) is 1. The van der Waals surface area contributed by atoms with E-state index in [0.717, 1.165) is 12.1 Å². The zero-order chi connectivity index (χ0) is 20.2. The number of fused-ring (bicyclic) bond motifs is 1. The standard InChI is InChI=1S/C20H20N6O2S/c1-25-20(22-23-24-25)29-13-11-18(27)21-16-8-6-15(7-9-16)19(28)26-12-10-14-4-2-3-5-17(14)26/h2-9H,10-13H2,1H3,(H,21,27). The molecule has 1 N–H and O–H groups in total. The van der Waals surface area contributed by atoms with E-state index < -0.39 is 0 Å². The number of amides is 2. The first-order chi connectivity index (χ1) is 14.1. The van der Waals surface area contributed by atoms with Crippen LogP contribution in [0.15, 0.2) is 53.7 Å². The third-order valence-electron chi connectivity index (χ3n) is 4.69. The SMILES string of the molecule is Cn1nnnc1SCCC(=O)Nc1ccc(C(=O)N2CCc3ccccc32)cc1. The molecule has 8 nitrogen and oxygen atoms in total. The van der Waals surface area contributed by atoms with Crippen molar-refractivity contribution in [2.75, 3.05) is 22.5 Å². The van der Waals surface area contributed by atoms with Crippen molar-refractivity contribution in [1.82, 2.24) is 20.2 Å². The van der Waals surface area contributed by atoms with E-state index in [-0.39, 0.29) is 11.8 Å². The number of para-hydroxylation sites is 1. The lowest BCUT2D eigenvalue weighted by Gasteiger charge is -2.17. The summed E-state index contributed by atoms with van der Waals surface area (Å²) < 4.78 is 1.57. The van der Waals surface area contributed by atoms with E-state index in [4.69, 9.17) is 0 Å². The number of carbonyl (C=O) groups is 2. The Morgan fingerprint density at radius 1 is 1.14 bits per heavy atom. The first kappa shape index (κ1) is 19.1. The van der Waals surface area contributed by atoms with E-state index in [0.29, 0.717) is 35.1 Å². The van der Waals surface area contributed by atoms with Gasteiger partial charge in [0.2, 0.25) is 11.1 Å². The van der Waals surface area contributed by atoms with Gasteiger partial charge in [-0.2, -0.15) is 0 Å². The molecule has 1 aromatic heterocycles. The minimum absolute atomic E-state index is 0.0264. The molecule has 0 bridgehead atoms. The molecule has 0 fully saturated rings. The zero-order valence-electron chi connectivity index (χ0n) is 15.9. The van der Waals surface area contributed by atoms with Crippen molar-refractivity contribution in [3.05, 3.63) is 59.7 Å². The van der Waals surface area contributed by atoms with Gasteiger partial charge in [-0.15, -0.1) is 5.10 Å². The number of carbonyl (C=O) groups excluding carboxylic acids is 2. The molecule has 2 aromatic carbocycles. The van der Waals surface area contributed by atoms with Crippen molar-refractivity contribution < 1.29 is 9.59 Å². The van der Waals surface area contributed by atoms with Crippen LogP contribution in [0.25, 0.3) is 0 Å². The van der Waals surface area contributed by atoms with Gasteiger partial charge >= 0.3 is 0 Å². The molecule has 0 saturated carbocycles. The highest BCUT2D eigenvalue weighted by Gasteiger charge is 2.24. The van der Waals surface area contributed by atoms with Gasteiger partial charge in [-0.1, -0.05) is 30.0 Å². The van der Waals surface area contributed by atoms with Crippen LogP contribution in [0, 0.1) is 0 Å². The molecule has 1 aliphatic rings. The van der Waals surface area contributed by atoms with Gasteiger partial charge in [-0.25, -0.2) is 4.68 Å². The number of thioether (sulfide) groups is 1. The van der Waals surface area contributed by atoms with Gasteiger partial charge in [0, 0.05) is 42.7 Å². The fourth-order valence-corrected chi connectivity index (χ4v) is 3.99. The number of rotatable bonds is 6. The highest BCUT2D eigenvalue weighted by molar-refractivity contribution is 7.99. The average Bonchev–Trinajstić information content (AvgIpc) is 3.34. The number of benzene rings is 2. The molecular weight excluding hydrogens is 388 g/mol. The van der Waals surface area contributed by atoms with Gasteiger partial charge in [0.1, 0.15) is 0 Å². The summed E-state index contributed by atoms with van der Waals surface area (Å²) in [5, 5.41) is 14.7. The summed E-state index contributed by atoms with van der Waals surface area (Å²) >= 11 is 1.42.